The van der Waals surface area contributed by atoms with E-state index in [0.717, 1.165) is 30.6 Å². The Morgan fingerprint density at radius 3 is 3.06 bits per heavy atom. The third kappa shape index (κ3) is 2.90. The number of aryl methyl sites for hydroxylation is 1. The maximum absolute atomic E-state index is 9.12. The second-order valence-corrected chi connectivity index (χ2v) is 5.01. The number of hydrogen-bond acceptors (Lipinski definition) is 3. The van der Waals surface area contributed by atoms with E-state index in [1.165, 1.54) is 12.8 Å². The Labute approximate surface area is 107 Å². The largest absolute Gasteiger partial charge is 0.396 e. The first-order valence-electron chi connectivity index (χ1n) is 6.22. The molecule has 1 aromatic rings. The summed E-state index contributed by atoms with van der Waals surface area (Å²) in [4.78, 5) is 6.57. The van der Waals surface area contributed by atoms with Crippen LogP contribution in [0.15, 0.2) is 12.3 Å². The number of nitrogens with zero attached hydrogens (tertiary/aromatic N) is 2. The molecule has 0 bridgehead atoms. The van der Waals surface area contributed by atoms with Gasteiger partial charge in [0.05, 0.1) is 11.9 Å². The molecule has 1 atom stereocenters. The SMILES string of the molecule is Cc1cc(N2CCCCC2CCO)cnc1Cl. The number of aliphatic hydroxyl groups excluding tert-OH is 1. The first-order chi connectivity index (χ1) is 8.22. The fraction of sp³-hybridized carbons (Fsp3) is 0.615. The number of rotatable bonds is 3. The highest BCUT2D eigenvalue weighted by molar-refractivity contribution is 6.30. The van der Waals surface area contributed by atoms with Crippen LogP contribution in [-0.4, -0.2) is 29.3 Å². The van der Waals surface area contributed by atoms with E-state index in [2.05, 4.69) is 16.0 Å². The lowest BCUT2D eigenvalue weighted by Gasteiger charge is -2.37. The Kier molecular flexibility index (Phi) is 4.24. The highest BCUT2D eigenvalue weighted by Gasteiger charge is 2.22. The van der Waals surface area contributed by atoms with Crippen LogP contribution in [0.25, 0.3) is 0 Å². The summed E-state index contributed by atoms with van der Waals surface area (Å²) < 4.78 is 0. The van der Waals surface area contributed by atoms with Gasteiger partial charge in [0.2, 0.25) is 0 Å². The molecule has 4 heteroatoms. The third-order valence-corrected chi connectivity index (χ3v) is 3.82. The van der Waals surface area contributed by atoms with Crippen LogP contribution in [0, 0.1) is 6.92 Å². The molecule has 1 aliphatic rings. The zero-order chi connectivity index (χ0) is 12.3. The van der Waals surface area contributed by atoms with Crippen molar-refractivity contribution in [2.45, 2.75) is 38.6 Å². The molecular formula is C13H19ClN2O. The molecular weight excluding hydrogens is 236 g/mol. The summed E-state index contributed by atoms with van der Waals surface area (Å²) in [7, 11) is 0. The van der Waals surface area contributed by atoms with Crippen LogP contribution < -0.4 is 4.90 Å². The van der Waals surface area contributed by atoms with E-state index in [0.29, 0.717) is 11.2 Å². The first kappa shape index (κ1) is 12.7. The number of aromatic nitrogens is 1. The smallest absolute Gasteiger partial charge is 0.132 e. The number of hydrogen-bond donors (Lipinski definition) is 1. The summed E-state index contributed by atoms with van der Waals surface area (Å²) in [6.07, 6.45) is 6.29. The molecule has 2 heterocycles. The molecule has 1 unspecified atom stereocenters. The van der Waals surface area contributed by atoms with Crippen LogP contribution >= 0.6 is 11.6 Å². The van der Waals surface area contributed by atoms with Crippen LogP contribution in [0.1, 0.15) is 31.2 Å². The molecule has 0 amide bonds. The molecule has 0 aromatic carbocycles. The molecule has 1 saturated heterocycles. The number of halogens is 1. The van der Waals surface area contributed by atoms with E-state index in [4.69, 9.17) is 16.7 Å². The summed E-state index contributed by atoms with van der Waals surface area (Å²) >= 11 is 5.95. The molecule has 1 fully saturated rings. The minimum Gasteiger partial charge on any atom is -0.396 e. The molecule has 0 saturated carbocycles. The molecule has 2 rings (SSSR count). The van der Waals surface area contributed by atoms with Crippen molar-refractivity contribution in [2.75, 3.05) is 18.1 Å². The molecule has 17 heavy (non-hydrogen) atoms. The summed E-state index contributed by atoms with van der Waals surface area (Å²) in [5.74, 6) is 0. The van der Waals surface area contributed by atoms with Crippen LogP contribution in [0.4, 0.5) is 5.69 Å². The fourth-order valence-electron chi connectivity index (χ4n) is 2.49. The van der Waals surface area contributed by atoms with E-state index in [-0.39, 0.29) is 6.61 Å². The van der Waals surface area contributed by atoms with E-state index in [1.54, 1.807) is 0 Å². The second-order valence-electron chi connectivity index (χ2n) is 4.66. The minimum atomic E-state index is 0.251. The molecule has 0 radical (unpaired) electrons. The van der Waals surface area contributed by atoms with Gasteiger partial charge in [-0.1, -0.05) is 11.6 Å². The molecule has 0 aliphatic carbocycles. The summed E-state index contributed by atoms with van der Waals surface area (Å²) in [5.41, 5.74) is 2.14. The van der Waals surface area contributed by atoms with Crippen molar-refractivity contribution in [3.8, 4) is 0 Å². The van der Waals surface area contributed by atoms with Crippen molar-refractivity contribution in [3.05, 3.63) is 23.0 Å². The van der Waals surface area contributed by atoms with E-state index < -0.39 is 0 Å². The maximum Gasteiger partial charge on any atom is 0.132 e. The molecule has 1 N–H and O–H groups in total. The zero-order valence-electron chi connectivity index (χ0n) is 10.2. The average molecular weight is 255 g/mol. The van der Waals surface area contributed by atoms with Crippen LogP contribution in [0.3, 0.4) is 0 Å². The van der Waals surface area contributed by atoms with E-state index in [9.17, 15) is 0 Å². The van der Waals surface area contributed by atoms with Crippen molar-refractivity contribution < 1.29 is 5.11 Å². The van der Waals surface area contributed by atoms with Crippen LogP contribution in [0.5, 0.6) is 0 Å². The zero-order valence-corrected chi connectivity index (χ0v) is 11.0. The minimum absolute atomic E-state index is 0.251. The van der Waals surface area contributed by atoms with Gasteiger partial charge in [-0.25, -0.2) is 4.98 Å². The Hall–Kier alpha value is -0.800. The molecule has 3 nitrogen and oxygen atoms in total. The van der Waals surface area contributed by atoms with Gasteiger partial charge in [0.15, 0.2) is 0 Å². The molecule has 94 valence electrons. The Morgan fingerprint density at radius 1 is 1.53 bits per heavy atom. The van der Waals surface area contributed by atoms with E-state index in [1.807, 2.05) is 13.1 Å². The topological polar surface area (TPSA) is 36.4 Å². The Balaban J connectivity index is 2.20. The monoisotopic (exact) mass is 254 g/mol. The predicted molar refractivity (Wildman–Crippen MR) is 70.7 cm³/mol. The van der Waals surface area contributed by atoms with Crippen molar-refractivity contribution >= 4 is 17.3 Å². The first-order valence-corrected chi connectivity index (χ1v) is 6.60. The quantitative estimate of drug-likeness (QED) is 0.843. The van der Waals surface area contributed by atoms with Crippen molar-refractivity contribution in [2.24, 2.45) is 0 Å². The molecule has 1 aromatic heterocycles. The van der Waals surface area contributed by atoms with Crippen LogP contribution in [-0.2, 0) is 0 Å². The lowest BCUT2D eigenvalue weighted by molar-refractivity contribution is 0.262. The predicted octanol–water partition coefficient (Wildman–Crippen LogP) is 2.78. The highest BCUT2D eigenvalue weighted by Crippen LogP contribution is 2.27. The third-order valence-electron chi connectivity index (χ3n) is 3.42. The summed E-state index contributed by atoms with van der Waals surface area (Å²) in [6, 6.07) is 2.53. The van der Waals surface area contributed by atoms with Crippen molar-refractivity contribution in [1.29, 1.82) is 0 Å². The van der Waals surface area contributed by atoms with Gasteiger partial charge in [-0.05, 0) is 44.2 Å². The van der Waals surface area contributed by atoms with E-state index >= 15 is 0 Å². The number of piperidine rings is 1. The van der Waals surface area contributed by atoms with Gasteiger partial charge in [-0.2, -0.15) is 0 Å². The van der Waals surface area contributed by atoms with Crippen molar-refractivity contribution in [1.82, 2.24) is 4.98 Å². The fourth-order valence-corrected chi connectivity index (χ4v) is 2.59. The van der Waals surface area contributed by atoms with Gasteiger partial charge in [0.25, 0.3) is 0 Å². The van der Waals surface area contributed by atoms with Gasteiger partial charge in [0, 0.05) is 19.2 Å². The van der Waals surface area contributed by atoms with Crippen molar-refractivity contribution in [3.63, 3.8) is 0 Å². The van der Waals surface area contributed by atoms with Gasteiger partial charge in [-0.3, -0.25) is 0 Å². The highest BCUT2D eigenvalue weighted by atomic mass is 35.5. The van der Waals surface area contributed by atoms with Gasteiger partial charge in [-0.15, -0.1) is 0 Å². The Bertz CT molecular complexity index is 382. The van der Waals surface area contributed by atoms with Gasteiger partial charge in [0.1, 0.15) is 5.15 Å². The number of aliphatic hydroxyl groups is 1. The average Bonchev–Trinajstić information content (AvgIpc) is 2.34. The number of anilines is 1. The summed E-state index contributed by atoms with van der Waals surface area (Å²) in [5, 5.41) is 9.69. The Morgan fingerprint density at radius 2 is 2.35 bits per heavy atom. The molecule has 0 spiro atoms. The maximum atomic E-state index is 9.12. The van der Waals surface area contributed by atoms with Crippen LogP contribution in [0.2, 0.25) is 5.15 Å². The normalized spacial score (nSPS) is 20.6. The standard InChI is InChI=1S/C13H19ClN2O/c1-10-8-12(9-15-13(10)14)16-6-3-2-4-11(16)5-7-17/h8-9,11,17H,2-7H2,1H3. The summed E-state index contributed by atoms with van der Waals surface area (Å²) in [6.45, 7) is 3.28. The lowest BCUT2D eigenvalue weighted by atomic mass is 9.99. The second kappa shape index (κ2) is 5.69. The lowest BCUT2D eigenvalue weighted by Crippen LogP contribution is -2.40. The van der Waals surface area contributed by atoms with Gasteiger partial charge >= 0.3 is 0 Å². The molecule has 1 aliphatic heterocycles. The number of pyridine rings is 1. The van der Waals surface area contributed by atoms with Gasteiger partial charge < -0.3 is 10.0 Å².